The van der Waals surface area contributed by atoms with Gasteiger partial charge in [0.25, 0.3) is 0 Å². The van der Waals surface area contributed by atoms with Gasteiger partial charge in [0.15, 0.2) is 0 Å². The van der Waals surface area contributed by atoms with E-state index in [1.165, 1.54) is 10.9 Å². The van der Waals surface area contributed by atoms with E-state index in [-0.39, 0.29) is 6.04 Å². The molecular formula is C25H30N2O2. The lowest BCUT2D eigenvalue weighted by Crippen LogP contribution is -2.30. The molecule has 0 unspecified atom stereocenters. The lowest BCUT2D eigenvalue weighted by molar-refractivity contribution is -0.132. The Balaban J connectivity index is 1.40. The average Bonchev–Trinajstić information content (AvgIpc) is 3.44. The Labute approximate surface area is 173 Å². The van der Waals surface area contributed by atoms with Crippen molar-refractivity contribution >= 4 is 16.7 Å². The summed E-state index contributed by atoms with van der Waals surface area (Å²) in [5.74, 6) is 1.19. The molecule has 1 aromatic heterocycles. The van der Waals surface area contributed by atoms with Gasteiger partial charge in [-0.1, -0.05) is 36.8 Å². The van der Waals surface area contributed by atoms with E-state index in [0.29, 0.717) is 12.3 Å². The molecule has 4 rings (SSSR count). The topological polar surface area (TPSA) is 34.5 Å². The highest BCUT2D eigenvalue weighted by atomic mass is 16.5. The van der Waals surface area contributed by atoms with Crippen LogP contribution >= 0.6 is 0 Å². The first-order chi connectivity index (χ1) is 14.3. The van der Waals surface area contributed by atoms with E-state index in [9.17, 15) is 4.79 Å². The van der Waals surface area contributed by atoms with Crippen molar-refractivity contribution in [1.82, 2.24) is 9.47 Å². The normalized spacial score (nSPS) is 16.4. The molecule has 0 N–H and O–H groups in total. The Morgan fingerprint density at radius 3 is 2.59 bits per heavy atom. The maximum absolute atomic E-state index is 13.0. The fraction of sp³-hybridized carbons (Fsp3) is 0.400. The van der Waals surface area contributed by atoms with E-state index in [2.05, 4.69) is 58.3 Å². The highest BCUT2D eigenvalue weighted by Crippen LogP contribution is 2.39. The smallest absolute Gasteiger partial charge is 0.223 e. The molecule has 2 heterocycles. The number of methoxy groups -OCH3 is 1. The second-order valence-electron chi connectivity index (χ2n) is 7.88. The third-order valence-electron chi connectivity index (χ3n) is 6.04. The van der Waals surface area contributed by atoms with Crippen molar-refractivity contribution in [1.29, 1.82) is 0 Å². The number of unbranched alkanes of at least 4 members (excludes halogenated alkanes) is 2. The molecule has 0 aliphatic carbocycles. The quantitative estimate of drug-likeness (QED) is 0.471. The number of hydrogen-bond donors (Lipinski definition) is 0. The summed E-state index contributed by atoms with van der Waals surface area (Å²) >= 11 is 0. The number of aromatic nitrogens is 1. The van der Waals surface area contributed by atoms with Gasteiger partial charge in [0, 0.05) is 37.3 Å². The van der Waals surface area contributed by atoms with Crippen molar-refractivity contribution in [3.05, 3.63) is 66.5 Å². The molecule has 0 spiro atoms. The second kappa shape index (κ2) is 9.17. The third-order valence-corrected chi connectivity index (χ3v) is 6.04. The molecule has 4 nitrogen and oxygen atoms in total. The minimum absolute atomic E-state index is 0.179. The van der Waals surface area contributed by atoms with Gasteiger partial charge in [0.2, 0.25) is 5.91 Å². The van der Waals surface area contributed by atoms with Crippen LogP contribution < -0.4 is 4.74 Å². The molecule has 152 valence electrons. The van der Waals surface area contributed by atoms with Gasteiger partial charge in [0.1, 0.15) is 5.75 Å². The number of hydrogen-bond acceptors (Lipinski definition) is 2. The van der Waals surface area contributed by atoms with Crippen molar-refractivity contribution in [3.8, 4) is 5.75 Å². The highest BCUT2D eigenvalue weighted by molar-refractivity contribution is 5.92. The molecule has 1 saturated heterocycles. The SMILES string of the molecule is COc1ccc([C@H]2CCCN2C(=O)CCCCCn2cccc2)c2ccccc12. The van der Waals surface area contributed by atoms with Gasteiger partial charge in [-0.05, 0) is 54.8 Å². The molecule has 2 aromatic carbocycles. The molecule has 1 aliphatic rings. The number of likely N-dealkylation sites (tertiary alicyclic amines) is 1. The summed E-state index contributed by atoms with van der Waals surface area (Å²) in [4.78, 5) is 15.1. The van der Waals surface area contributed by atoms with Gasteiger partial charge in [-0.2, -0.15) is 0 Å². The zero-order chi connectivity index (χ0) is 20.1. The number of ether oxygens (including phenoxy) is 1. The predicted molar refractivity (Wildman–Crippen MR) is 117 cm³/mol. The van der Waals surface area contributed by atoms with Gasteiger partial charge in [0.05, 0.1) is 13.2 Å². The van der Waals surface area contributed by atoms with Crippen molar-refractivity contribution < 1.29 is 9.53 Å². The summed E-state index contributed by atoms with van der Waals surface area (Å²) in [6, 6.07) is 16.8. The number of carbonyl (C=O) groups excluding carboxylic acids is 1. The fourth-order valence-corrected chi connectivity index (χ4v) is 4.56. The third kappa shape index (κ3) is 4.31. The Morgan fingerprint density at radius 2 is 1.79 bits per heavy atom. The molecule has 1 aliphatic heterocycles. The van der Waals surface area contributed by atoms with Gasteiger partial charge in [-0.25, -0.2) is 0 Å². The number of nitrogens with zero attached hydrogens (tertiary/aromatic N) is 2. The molecule has 0 bridgehead atoms. The van der Waals surface area contributed by atoms with Crippen molar-refractivity contribution in [2.75, 3.05) is 13.7 Å². The minimum Gasteiger partial charge on any atom is -0.496 e. The molecule has 0 saturated carbocycles. The Morgan fingerprint density at radius 1 is 1.00 bits per heavy atom. The molecule has 1 atom stereocenters. The van der Waals surface area contributed by atoms with Gasteiger partial charge in [-0.3, -0.25) is 4.79 Å². The first-order valence-corrected chi connectivity index (χ1v) is 10.7. The number of fused-ring (bicyclic) bond motifs is 1. The Hall–Kier alpha value is -2.75. The zero-order valence-corrected chi connectivity index (χ0v) is 17.2. The fourth-order valence-electron chi connectivity index (χ4n) is 4.56. The summed E-state index contributed by atoms with van der Waals surface area (Å²) < 4.78 is 7.74. The van der Waals surface area contributed by atoms with E-state index in [1.54, 1.807) is 7.11 Å². The number of benzene rings is 2. The van der Waals surface area contributed by atoms with Crippen LogP contribution in [-0.4, -0.2) is 29.0 Å². The summed E-state index contributed by atoms with van der Waals surface area (Å²) in [5.41, 5.74) is 1.25. The molecule has 29 heavy (non-hydrogen) atoms. The van der Waals surface area contributed by atoms with E-state index in [4.69, 9.17) is 4.74 Å². The van der Waals surface area contributed by atoms with Gasteiger partial charge >= 0.3 is 0 Å². The first kappa shape index (κ1) is 19.6. The summed E-state index contributed by atoms with van der Waals surface area (Å²) in [6.45, 7) is 1.90. The highest BCUT2D eigenvalue weighted by Gasteiger charge is 2.30. The number of rotatable bonds is 8. The van der Waals surface area contributed by atoms with E-state index in [0.717, 1.165) is 56.3 Å². The molecule has 3 aromatic rings. The molecule has 0 radical (unpaired) electrons. The Bertz CT molecular complexity index is 949. The number of aryl methyl sites for hydroxylation is 1. The van der Waals surface area contributed by atoms with E-state index in [1.807, 2.05) is 12.1 Å². The lowest BCUT2D eigenvalue weighted by Gasteiger charge is -2.26. The number of carbonyl (C=O) groups is 1. The predicted octanol–water partition coefficient (Wildman–Crippen LogP) is 5.57. The second-order valence-corrected chi connectivity index (χ2v) is 7.88. The van der Waals surface area contributed by atoms with Crippen LogP contribution in [0.5, 0.6) is 5.75 Å². The van der Waals surface area contributed by atoms with E-state index < -0.39 is 0 Å². The number of amides is 1. The van der Waals surface area contributed by atoms with Crippen LogP contribution in [0.4, 0.5) is 0 Å². The maximum Gasteiger partial charge on any atom is 0.223 e. The zero-order valence-electron chi connectivity index (χ0n) is 17.2. The van der Waals surface area contributed by atoms with Crippen molar-refractivity contribution in [2.45, 2.75) is 51.1 Å². The van der Waals surface area contributed by atoms with Crippen LogP contribution in [0.2, 0.25) is 0 Å². The van der Waals surface area contributed by atoms with Gasteiger partial charge in [-0.15, -0.1) is 0 Å². The van der Waals surface area contributed by atoms with Crippen molar-refractivity contribution in [3.63, 3.8) is 0 Å². The Kier molecular flexibility index (Phi) is 6.18. The van der Waals surface area contributed by atoms with Crippen LogP contribution in [0.25, 0.3) is 10.8 Å². The average molecular weight is 391 g/mol. The minimum atomic E-state index is 0.179. The van der Waals surface area contributed by atoms with Crippen LogP contribution in [0, 0.1) is 0 Å². The summed E-state index contributed by atoms with van der Waals surface area (Å²) in [7, 11) is 1.71. The lowest BCUT2D eigenvalue weighted by atomic mass is 9.96. The van der Waals surface area contributed by atoms with Crippen molar-refractivity contribution in [2.24, 2.45) is 0 Å². The molecular weight excluding hydrogens is 360 g/mol. The van der Waals surface area contributed by atoms with E-state index >= 15 is 0 Å². The van der Waals surface area contributed by atoms with Crippen LogP contribution in [0.15, 0.2) is 60.9 Å². The monoisotopic (exact) mass is 390 g/mol. The van der Waals surface area contributed by atoms with Crippen LogP contribution in [0.1, 0.15) is 50.1 Å². The molecule has 1 amide bonds. The van der Waals surface area contributed by atoms with Crippen LogP contribution in [0.3, 0.4) is 0 Å². The first-order valence-electron chi connectivity index (χ1n) is 10.7. The van der Waals surface area contributed by atoms with Gasteiger partial charge < -0.3 is 14.2 Å². The largest absolute Gasteiger partial charge is 0.496 e. The summed E-state index contributed by atoms with van der Waals surface area (Å²) in [5, 5.41) is 2.32. The summed E-state index contributed by atoms with van der Waals surface area (Å²) in [6.07, 6.45) is 10.1. The molecule has 1 fully saturated rings. The maximum atomic E-state index is 13.0. The standard InChI is InChI=1S/C25H30N2O2/c1-29-24-15-14-21(20-10-4-5-11-22(20)24)23-12-9-19-27(23)25(28)13-3-2-6-16-26-17-7-8-18-26/h4-5,7-8,10-11,14-15,17-18,23H,2-3,6,9,12-13,16,19H2,1H3/t23-/m1/s1. The molecule has 4 heteroatoms. The van der Waals surface area contributed by atoms with Crippen LogP contribution in [-0.2, 0) is 11.3 Å².